The van der Waals surface area contributed by atoms with Crippen LogP contribution in [0.2, 0.25) is 5.02 Å². The van der Waals surface area contributed by atoms with Crippen LogP contribution in [-0.4, -0.2) is 5.91 Å². The van der Waals surface area contributed by atoms with Gasteiger partial charge in [-0.3, -0.25) is 4.79 Å². The van der Waals surface area contributed by atoms with Crippen molar-refractivity contribution in [1.29, 1.82) is 0 Å². The summed E-state index contributed by atoms with van der Waals surface area (Å²) in [5, 5.41) is 3.12. The van der Waals surface area contributed by atoms with E-state index >= 15 is 0 Å². The van der Waals surface area contributed by atoms with Crippen molar-refractivity contribution in [2.24, 2.45) is 0 Å². The summed E-state index contributed by atoms with van der Waals surface area (Å²) in [5.41, 5.74) is 1.06. The lowest BCUT2D eigenvalue weighted by Gasteiger charge is -2.10. The number of anilines is 1. The number of ether oxygens (including phenoxy) is 1. The summed E-state index contributed by atoms with van der Waals surface area (Å²) in [7, 11) is 0. The van der Waals surface area contributed by atoms with Gasteiger partial charge in [-0.2, -0.15) is 0 Å². The number of amides is 1. The topological polar surface area (TPSA) is 38.3 Å². The summed E-state index contributed by atoms with van der Waals surface area (Å²) in [6.07, 6.45) is 0. The first-order valence-electron chi connectivity index (χ1n) is 7.25. The molecule has 24 heavy (non-hydrogen) atoms. The Bertz CT molecular complexity index is 851. The molecule has 3 rings (SSSR count). The van der Waals surface area contributed by atoms with Gasteiger partial charge in [-0.05, 0) is 48.5 Å². The Kier molecular flexibility index (Phi) is 5.08. The van der Waals surface area contributed by atoms with E-state index in [0.29, 0.717) is 27.8 Å². The largest absolute Gasteiger partial charge is 0.457 e. The fourth-order valence-corrected chi connectivity index (χ4v) is 2.52. The van der Waals surface area contributed by atoms with Crippen molar-refractivity contribution in [1.82, 2.24) is 0 Å². The number of carbonyl (C=O) groups is 1. The highest BCUT2D eigenvalue weighted by atomic mass is 35.5. The third kappa shape index (κ3) is 4.10. The third-order valence-electron chi connectivity index (χ3n) is 3.29. The summed E-state index contributed by atoms with van der Waals surface area (Å²) in [6, 6.07) is 21.5. The Morgan fingerprint density at radius 2 is 1.62 bits per heavy atom. The number of carbonyl (C=O) groups excluding carboxylic acids is 1. The molecule has 1 amide bonds. The summed E-state index contributed by atoms with van der Waals surface area (Å²) in [4.78, 5) is 13.2. The minimum atomic E-state index is -0.279. The Morgan fingerprint density at radius 1 is 0.917 bits per heavy atom. The van der Waals surface area contributed by atoms with Gasteiger partial charge < -0.3 is 10.1 Å². The van der Waals surface area contributed by atoms with E-state index in [0.717, 1.165) is 4.90 Å². The smallest absolute Gasteiger partial charge is 0.257 e. The molecule has 0 fully saturated rings. The van der Waals surface area contributed by atoms with Crippen LogP contribution in [0, 0.1) is 0 Å². The highest BCUT2D eigenvalue weighted by Crippen LogP contribution is 2.27. The number of hydrogen-bond acceptors (Lipinski definition) is 3. The fraction of sp³-hybridized carbons (Fsp3) is 0. The molecular weight excluding hydrogens is 342 g/mol. The zero-order valence-electron chi connectivity index (χ0n) is 12.6. The maximum Gasteiger partial charge on any atom is 0.257 e. The lowest BCUT2D eigenvalue weighted by Crippen LogP contribution is -2.12. The van der Waals surface area contributed by atoms with Crippen LogP contribution < -0.4 is 10.1 Å². The minimum absolute atomic E-state index is 0.279. The molecule has 0 unspecified atom stereocenters. The molecule has 0 aliphatic heterocycles. The van der Waals surface area contributed by atoms with Crippen molar-refractivity contribution in [3.05, 3.63) is 83.4 Å². The summed E-state index contributed by atoms with van der Waals surface area (Å²) < 4.78 is 5.70. The Labute approximate surface area is 150 Å². The molecule has 3 aromatic rings. The second kappa shape index (κ2) is 7.43. The lowest BCUT2D eigenvalue weighted by atomic mass is 10.2. The van der Waals surface area contributed by atoms with Gasteiger partial charge in [0.05, 0.1) is 10.6 Å². The van der Waals surface area contributed by atoms with E-state index in [1.165, 1.54) is 0 Å². The first kappa shape index (κ1) is 16.4. The molecule has 5 heteroatoms. The molecule has 0 heterocycles. The lowest BCUT2D eigenvalue weighted by molar-refractivity contribution is 0.102. The van der Waals surface area contributed by atoms with Crippen molar-refractivity contribution < 1.29 is 9.53 Å². The van der Waals surface area contributed by atoms with Crippen LogP contribution >= 0.6 is 24.2 Å². The fourth-order valence-electron chi connectivity index (χ4n) is 2.11. The molecular formula is C19H14ClNO2S. The van der Waals surface area contributed by atoms with E-state index < -0.39 is 0 Å². The van der Waals surface area contributed by atoms with Crippen molar-refractivity contribution in [2.45, 2.75) is 4.90 Å². The van der Waals surface area contributed by atoms with Gasteiger partial charge in [0.25, 0.3) is 5.91 Å². The first-order valence-corrected chi connectivity index (χ1v) is 8.07. The second-order valence-corrected chi connectivity index (χ2v) is 5.98. The molecule has 1 N–H and O–H groups in total. The van der Waals surface area contributed by atoms with E-state index in [-0.39, 0.29) is 5.91 Å². The van der Waals surface area contributed by atoms with Gasteiger partial charge in [0.15, 0.2) is 0 Å². The number of hydrogen-bond donors (Lipinski definition) is 2. The Balaban J connectivity index is 1.74. The quantitative estimate of drug-likeness (QED) is 0.591. The van der Waals surface area contributed by atoms with Crippen molar-refractivity contribution in [3.63, 3.8) is 0 Å². The van der Waals surface area contributed by atoms with Crippen LogP contribution in [0.5, 0.6) is 11.5 Å². The third-order valence-corrected chi connectivity index (χ3v) is 3.90. The van der Waals surface area contributed by atoms with Crippen molar-refractivity contribution in [2.75, 3.05) is 5.32 Å². The number of rotatable bonds is 4. The molecule has 3 nitrogen and oxygen atoms in total. The maximum absolute atomic E-state index is 12.3. The maximum atomic E-state index is 12.3. The zero-order chi connectivity index (χ0) is 16.9. The van der Waals surface area contributed by atoms with E-state index in [2.05, 4.69) is 17.9 Å². The standard InChI is InChI=1S/C19H14ClNO2S/c20-18-12-15(23-14-4-2-1-3-5-14)8-11-17(18)19(22)21-13-6-9-16(24)10-7-13/h1-12,24H,(H,21,22). The number of nitrogens with one attached hydrogen (secondary N) is 1. The van der Waals surface area contributed by atoms with Gasteiger partial charge in [-0.15, -0.1) is 12.6 Å². The van der Waals surface area contributed by atoms with Crippen LogP contribution in [0.3, 0.4) is 0 Å². The van der Waals surface area contributed by atoms with E-state index in [1.54, 1.807) is 42.5 Å². The van der Waals surface area contributed by atoms with Crippen molar-refractivity contribution >= 4 is 35.8 Å². The van der Waals surface area contributed by atoms with Gasteiger partial charge in [0.2, 0.25) is 0 Å². The van der Waals surface area contributed by atoms with Gasteiger partial charge in [0, 0.05) is 16.6 Å². The normalized spacial score (nSPS) is 10.2. The van der Waals surface area contributed by atoms with Crippen LogP contribution in [0.25, 0.3) is 0 Å². The predicted octanol–water partition coefficient (Wildman–Crippen LogP) is 5.67. The van der Waals surface area contributed by atoms with E-state index in [9.17, 15) is 4.79 Å². The summed E-state index contributed by atoms with van der Waals surface area (Å²) in [6.45, 7) is 0. The van der Waals surface area contributed by atoms with Crippen LogP contribution in [0.15, 0.2) is 77.7 Å². The van der Waals surface area contributed by atoms with Gasteiger partial charge >= 0.3 is 0 Å². The van der Waals surface area contributed by atoms with E-state index in [1.807, 2.05) is 30.3 Å². The molecule has 120 valence electrons. The first-order chi connectivity index (χ1) is 11.6. The molecule has 0 aromatic heterocycles. The highest BCUT2D eigenvalue weighted by Gasteiger charge is 2.12. The highest BCUT2D eigenvalue weighted by molar-refractivity contribution is 7.80. The average Bonchev–Trinajstić information content (AvgIpc) is 2.58. The summed E-state index contributed by atoms with van der Waals surface area (Å²) in [5.74, 6) is 0.998. The molecule has 0 radical (unpaired) electrons. The van der Waals surface area contributed by atoms with Crippen LogP contribution in [-0.2, 0) is 0 Å². The SMILES string of the molecule is O=C(Nc1ccc(S)cc1)c1ccc(Oc2ccccc2)cc1Cl. The minimum Gasteiger partial charge on any atom is -0.457 e. The number of halogens is 1. The molecule has 0 spiro atoms. The van der Waals surface area contributed by atoms with Crippen molar-refractivity contribution in [3.8, 4) is 11.5 Å². The molecule has 0 aliphatic carbocycles. The molecule has 0 atom stereocenters. The molecule has 0 aliphatic rings. The van der Waals surface area contributed by atoms with Gasteiger partial charge in [-0.1, -0.05) is 29.8 Å². The number of thiol groups is 1. The Hall–Kier alpha value is -2.43. The second-order valence-electron chi connectivity index (χ2n) is 5.06. The number of benzene rings is 3. The molecule has 0 saturated carbocycles. The Morgan fingerprint density at radius 3 is 2.29 bits per heavy atom. The van der Waals surface area contributed by atoms with Gasteiger partial charge in [-0.25, -0.2) is 0 Å². The molecule has 0 saturated heterocycles. The summed E-state index contributed by atoms with van der Waals surface area (Å²) >= 11 is 10.4. The number of para-hydroxylation sites is 1. The van der Waals surface area contributed by atoms with E-state index in [4.69, 9.17) is 16.3 Å². The van der Waals surface area contributed by atoms with Gasteiger partial charge in [0.1, 0.15) is 11.5 Å². The van der Waals surface area contributed by atoms with Crippen LogP contribution in [0.4, 0.5) is 5.69 Å². The zero-order valence-corrected chi connectivity index (χ0v) is 14.2. The monoisotopic (exact) mass is 355 g/mol. The predicted molar refractivity (Wildman–Crippen MR) is 99.6 cm³/mol. The molecule has 0 bridgehead atoms. The molecule has 3 aromatic carbocycles. The average molecular weight is 356 g/mol. The van der Waals surface area contributed by atoms with Crippen LogP contribution in [0.1, 0.15) is 10.4 Å².